The van der Waals surface area contributed by atoms with E-state index in [1.54, 1.807) is 4.68 Å². The predicted octanol–water partition coefficient (Wildman–Crippen LogP) is 2.58. The van der Waals surface area contributed by atoms with Crippen LogP contribution in [0.3, 0.4) is 0 Å². The lowest BCUT2D eigenvalue weighted by atomic mass is 10.0. The normalized spacial score (nSPS) is 14.6. The van der Waals surface area contributed by atoms with E-state index in [1.165, 1.54) is 0 Å². The van der Waals surface area contributed by atoms with Gasteiger partial charge in [0.05, 0.1) is 16.8 Å². The van der Waals surface area contributed by atoms with Crippen molar-refractivity contribution in [2.75, 3.05) is 6.79 Å². The summed E-state index contributed by atoms with van der Waals surface area (Å²) in [5.74, 6) is 1.38. The summed E-state index contributed by atoms with van der Waals surface area (Å²) in [5, 5.41) is 14.4. The molecule has 1 aliphatic rings. The van der Waals surface area contributed by atoms with Crippen LogP contribution < -0.4 is 9.47 Å². The Morgan fingerprint density at radius 2 is 2.30 bits per heavy atom. The van der Waals surface area contributed by atoms with Crippen LogP contribution in [0.5, 0.6) is 11.5 Å². The third-order valence-corrected chi connectivity index (χ3v) is 3.89. The van der Waals surface area contributed by atoms with Gasteiger partial charge < -0.3 is 14.6 Å². The van der Waals surface area contributed by atoms with Crippen LogP contribution in [0.1, 0.15) is 23.7 Å². The molecule has 6 heteroatoms. The number of aliphatic hydroxyl groups is 1. The van der Waals surface area contributed by atoms with Gasteiger partial charge in [-0.25, -0.2) is 0 Å². The fraction of sp³-hybridized carbons (Fsp3) is 0.357. The molecule has 1 aliphatic heterocycles. The quantitative estimate of drug-likeness (QED) is 0.930. The molecule has 1 N–H and O–H groups in total. The van der Waals surface area contributed by atoms with Crippen molar-refractivity contribution in [3.8, 4) is 11.5 Å². The zero-order valence-electron chi connectivity index (χ0n) is 11.0. The highest BCUT2D eigenvalue weighted by Crippen LogP contribution is 2.41. The zero-order chi connectivity index (χ0) is 14.1. The summed E-state index contributed by atoms with van der Waals surface area (Å²) in [7, 11) is 1.88. The van der Waals surface area contributed by atoms with Gasteiger partial charge in [-0.2, -0.15) is 5.10 Å². The first kappa shape index (κ1) is 13.5. The lowest BCUT2D eigenvalue weighted by molar-refractivity contribution is 0.165. The second-order valence-electron chi connectivity index (χ2n) is 4.81. The number of aryl methyl sites for hydroxylation is 2. The van der Waals surface area contributed by atoms with Crippen molar-refractivity contribution in [2.24, 2.45) is 7.05 Å². The highest BCUT2D eigenvalue weighted by atomic mass is 79.9. The van der Waals surface area contributed by atoms with E-state index in [4.69, 9.17) is 9.47 Å². The molecule has 1 unspecified atom stereocenters. The van der Waals surface area contributed by atoms with E-state index in [1.807, 2.05) is 31.6 Å². The number of aliphatic hydroxyl groups excluding tert-OH is 1. The minimum absolute atomic E-state index is 0.225. The summed E-state index contributed by atoms with van der Waals surface area (Å²) in [6, 6.07) is 3.71. The van der Waals surface area contributed by atoms with Crippen LogP contribution in [-0.2, 0) is 13.5 Å². The molecule has 0 radical (unpaired) electrons. The summed E-state index contributed by atoms with van der Waals surface area (Å²) >= 11 is 3.44. The molecule has 0 fully saturated rings. The second-order valence-corrected chi connectivity index (χ2v) is 5.67. The highest BCUT2D eigenvalue weighted by molar-refractivity contribution is 9.10. The molecule has 20 heavy (non-hydrogen) atoms. The monoisotopic (exact) mass is 338 g/mol. The third-order valence-electron chi connectivity index (χ3n) is 3.30. The van der Waals surface area contributed by atoms with Crippen molar-refractivity contribution >= 4 is 15.9 Å². The van der Waals surface area contributed by atoms with Crippen molar-refractivity contribution in [3.05, 3.63) is 40.1 Å². The summed E-state index contributed by atoms with van der Waals surface area (Å²) in [5.41, 5.74) is 1.94. The Bertz CT molecular complexity index is 627. The van der Waals surface area contributed by atoms with Gasteiger partial charge in [0.2, 0.25) is 6.79 Å². The molecule has 106 valence electrons. The van der Waals surface area contributed by atoms with Gasteiger partial charge in [-0.3, -0.25) is 4.68 Å². The first-order valence-corrected chi connectivity index (χ1v) is 7.17. The van der Waals surface area contributed by atoms with Crippen molar-refractivity contribution in [1.82, 2.24) is 9.78 Å². The maximum Gasteiger partial charge on any atom is 0.231 e. The Kier molecular flexibility index (Phi) is 3.67. The molecular formula is C14H15BrN2O3. The molecule has 2 aromatic rings. The molecule has 0 bridgehead atoms. The van der Waals surface area contributed by atoms with Gasteiger partial charge in [0.25, 0.3) is 0 Å². The fourth-order valence-corrected chi connectivity index (χ4v) is 2.82. The number of ether oxygens (including phenoxy) is 2. The van der Waals surface area contributed by atoms with Gasteiger partial charge in [0.1, 0.15) is 0 Å². The Morgan fingerprint density at radius 1 is 1.45 bits per heavy atom. The summed E-state index contributed by atoms with van der Waals surface area (Å²) in [6.07, 6.45) is 4.66. The molecule has 0 aliphatic carbocycles. The van der Waals surface area contributed by atoms with Crippen molar-refractivity contribution < 1.29 is 14.6 Å². The minimum atomic E-state index is -0.541. The maximum absolute atomic E-state index is 10.3. The van der Waals surface area contributed by atoms with E-state index < -0.39 is 6.10 Å². The van der Waals surface area contributed by atoms with Crippen LogP contribution in [0.15, 0.2) is 29.0 Å². The summed E-state index contributed by atoms with van der Waals surface area (Å²) < 4.78 is 13.3. The third kappa shape index (κ3) is 2.66. The molecule has 0 spiro atoms. The number of aromatic nitrogens is 2. The van der Waals surface area contributed by atoms with Gasteiger partial charge in [0, 0.05) is 13.2 Å². The van der Waals surface area contributed by atoms with Crippen LogP contribution >= 0.6 is 15.9 Å². The van der Waals surface area contributed by atoms with Gasteiger partial charge in [0.15, 0.2) is 11.5 Å². The van der Waals surface area contributed by atoms with Crippen LogP contribution in [0.2, 0.25) is 0 Å². The van der Waals surface area contributed by atoms with E-state index in [0.717, 1.165) is 22.0 Å². The molecule has 1 atom stereocenters. The minimum Gasteiger partial charge on any atom is -0.454 e. The number of fused-ring (bicyclic) bond motifs is 1. The average molecular weight is 339 g/mol. The lowest BCUT2D eigenvalue weighted by Crippen LogP contribution is -2.00. The fourth-order valence-electron chi connectivity index (χ4n) is 2.25. The Labute approximate surface area is 125 Å². The average Bonchev–Trinajstić information content (AvgIpc) is 3.04. The van der Waals surface area contributed by atoms with E-state index in [-0.39, 0.29) is 6.79 Å². The van der Waals surface area contributed by atoms with Crippen molar-refractivity contribution in [3.63, 3.8) is 0 Å². The Morgan fingerprint density at radius 3 is 3.05 bits per heavy atom. The standard InChI is InChI=1S/C14H15BrN2O3/c1-17-7-9(6-16-17)2-3-12(18)10-4-11(15)14-13(5-10)19-8-20-14/h4-7,12,18H,2-3,8H2,1H3. The van der Waals surface area contributed by atoms with E-state index in [9.17, 15) is 5.11 Å². The van der Waals surface area contributed by atoms with E-state index in [0.29, 0.717) is 17.9 Å². The predicted molar refractivity (Wildman–Crippen MR) is 76.8 cm³/mol. The zero-order valence-corrected chi connectivity index (χ0v) is 12.6. The molecule has 0 saturated heterocycles. The molecule has 1 aromatic carbocycles. The van der Waals surface area contributed by atoms with Gasteiger partial charge >= 0.3 is 0 Å². The van der Waals surface area contributed by atoms with Gasteiger partial charge in [-0.05, 0) is 52.0 Å². The number of rotatable bonds is 4. The highest BCUT2D eigenvalue weighted by Gasteiger charge is 2.20. The second kappa shape index (κ2) is 5.46. The van der Waals surface area contributed by atoms with Gasteiger partial charge in [-0.15, -0.1) is 0 Å². The van der Waals surface area contributed by atoms with E-state index in [2.05, 4.69) is 21.0 Å². The van der Waals surface area contributed by atoms with Gasteiger partial charge in [-0.1, -0.05) is 0 Å². The molecule has 1 aromatic heterocycles. The molecule has 5 nitrogen and oxygen atoms in total. The van der Waals surface area contributed by atoms with Crippen LogP contribution in [-0.4, -0.2) is 21.7 Å². The largest absolute Gasteiger partial charge is 0.454 e. The molecule has 0 amide bonds. The van der Waals surface area contributed by atoms with Crippen LogP contribution in [0.25, 0.3) is 0 Å². The first-order chi connectivity index (χ1) is 9.63. The van der Waals surface area contributed by atoms with Crippen LogP contribution in [0, 0.1) is 0 Å². The SMILES string of the molecule is Cn1cc(CCC(O)c2cc(Br)c3c(c2)OCO3)cn1. The van der Waals surface area contributed by atoms with Crippen molar-refractivity contribution in [2.45, 2.75) is 18.9 Å². The Hall–Kier alpha value is -1.53. The number of hydrogen-bond acceptors (Lipinski definition) is 4. The number of hydrogen-bond donors (Lipinski definition) is 1. The topological polar surface area (TPSA) is 56.5 Å². The number of nitrogens with zero attached hydrogens (tertiary/aromatic N) is 2. The van der Waals surface area contributed by atoms with Crippen LogP contribution in [0.4, 0.5) is 0 Å². The van der Waals surface area contributed by atoms with E-state index >= 15 is 0 Å². The molecule has 3 rings (SSSR count). The lowest BCUT2D eigenvalue weighted by Gasteiger charge is -2.12. The maximum atomic E-state index is 10.3. The molecule has 2 heterocycles. The number of benzene rings is 1. The smallest absolute Gasteiger partial charge is 0.231 e. The summed E-state index contributed by atoms with van der Waals surface area (Å²) in [6.45, 7) is 0.225. The summed E-state index contributed by atoms with van der Waals surface area (Å²) in [4.78, 5) is 0. The van der Waals surface area contributed by atoms with Crippen molar-refractivity contribution in [1.29, 1.82) is 0 Å². The first-order valence-electron chi connectivity index (χ1n) is 6.38. The number of halogens is 1. The Balaban J connectivity index is 1.71. The molecule has 0 saturated carbocycles. The molecular weight excluding hydrogens is 324 g/mol.